The molecule has 0 spiro atoms. The predicted molar refractivity (Wildman–Crippen MR) is 266 cm³/mol. The number of hydrogen-bond donors (Lipinski definition) is 4. The molecule has 73 heavy (non-hydrogen) atoms. The highest BCUT2D eigenvalue weighted by Gasteiger charge is 2.50. The van der Waals surface area contributed by atoms with Crippen LogP contribution in [-0.4, -0.2) is 93.6 Å². The number of aliphatic hydroxyl groups is 1. The highest BCUT2D eigenvalue weighted by atomic mass is 35.5. The third kappa shape index (κ3) is 9.28. The van der Waals surface area contributed by atoms with Gasteiger partial charge < -0.3 is 30.7 Å². The lowest BCUT2D eigenvalue weighted by Crippen LogP contribution is -2.49. The topological polar surface area (TPSA) is 172 Å². The number of nitrogens with zero attached hydrogens (tertiary/aromatic N) is 4. The molecule has 4 aliphatic heterocycles. The molecule has 10 rings (SSSR count). The number of carbonyl (C=O) groups excluding carboxylic acids is 4. The first-order valence-corrected chi connectivity index (χ1v) is 25.9. The Morgan fingerprint density at radius 1 is 0.890 bits per heavy atom. The van der Waals surface area contributed by atoms with Crippen LogP contribution in [0.5, 0.6) is 5.75 Å². The number of amides is 4. The van der Waals surface area contributed by atoms with Crippen LogP contribution in [0.4, 0.5) is 17.6 Å². The van der Waals surface area contributed by atoms with E-state index in [-0.39, 0.29) is 99.2 Å². The second kappa shape index (κ2) is 20.4. The number of likely N-dealkylation sites (tertiary alicyclic amines) is 2. The van der Waals surface area contributed by atoms with Crippen molar-refractivity contribution in [3.63, 3.8) is 0 Å². The zero-order valence-corrected chi connectivity index (χ0v) is 41.7. The number of imide groups is 1. The van der Waals surface area contributed by atoms with Gasteiger partial charge in [-0.2, -0.15) is 5.10 Å². The number of piperidine rings is 3. The summed E-state index contributed by atoms with van der Waals surface area (Å²) in [6.45, 7) is 5.12. The van der Waals surface area contributed by atoms with Gasteiger partial charge in [0.15, 0.2) is 11.4 Å². The van der Waals surface area contributed by atoms with Crippen molar-refractivity contribution < 1.29 is 46.6 Å². The summed E-state index contributed by atoms with van der Waals surface area (Å²) in [5.41, 5.74) is 5.63. The number of carbonyl (C=O) groups is 4. The van der Waals surface area contributed by atoms with Crippen molar-refractivity contribution >= 4 is 46.1 Å². The van der Waals surface area contributed by atoms with Crippen LogP contribution in [0, 0.1) is 35.1 Å². The fraction of sp³-hybridized carbons (Fsp3) is 0.473. The summed E-state index contributed by atoms with van der Waals surface area (Å²) in [5, 5.41) is 20.2. The average molecular weight is 1030 g/mol. The van der Waals surface area contributed by atoms with E-state index in [1.165, 1.54) is 28.9 Å². The molecule has 3 atom stereocenters. The fourth-order valence-corrected chi connectivity index (χ4v) is 12.8. The molecule has 5 aliphatic rings. The van der Waals surface area contributed by atoms with Crippen LogP contribution in [0.3, 0.4) is 0 Å². The Labute approximate surface area is 425 Å². The second-order valence-electron chi connectivity index (χ2n) is 20.8. The van der Waals surface area contributed by atoms with E-state index in [0.29, 0.717) is 63.3 Å². The van der Waals surface area contributed by atoms with Gasteiger partial charge >= 0.3 is 0 Å². The molecular formula is C55H60ClF4N7O6. The summed E-state index contributed by atoms with van der Waals surface area (Å²) in [6.07, 6.45) is 6.20. The van der Waals surface area contributed by atoms with Gasteiger partial charge in [-0.1, -0.05) is 54.9 Å². The molecule has 4 amide bonds. The maximum atomic E-state index is 16.2. The highest BCUT2D eigenvalue weighted by molar-refractivity contribution is 6.34. The number of nitrogens with one attached hydrogen (secondary N) is 2. The van der Waals surface area contributed by atoms with Crippen molar-refractivity contribution in [2.75, 3.05) is 39.3 Å². The van der Waals surface area contributed by atoms with E-state index < -0.39 is 64.1 Å². The van der Waals surface area contributed by atoms with E-state index in [9.17, 15) is 24.3 Å². The van der Waals surface area contributed by atoms with Crippen molar-refractivity contribution in [1.82, 2.24) is 30.2 Å². The Kier molecular flexibility index (Phi) is 14.2. The van der Waals surface area contributed by atoms with Gasteiger partial charge in [0.05, 0.1) is 23.2 Å². The van der Waals surface area contributed by atoms with Crippen LogP contribution in [0.2, 0.25) is 5.02 Å². The fourth-order valence-electron chi connectivity index (χ4n) is 12.6. The van der Waals surface area contributed by atoms with Crippen molar-refractivity contribution in [3.05, 3.63) is 116 Å². The van der Waals surface area contributed by atoms with Gasteiger partial charge in [-0.25, -0.2) is 17.6 Å². The monoisotopic (exact) mass is 1030 g/mol. The molecule has 3 unspecified atom stereocenters. The minimum absolute atomic E-state index is 0.0443. The molecular weight excluding hydrogens is 966 g/mol. The van der Waals surface area contributed by atoms with Crippen molar-refractivity contribution in [1.29, 1.82) is 0 Å². The Hall–Kier alpha value is -5.88. The molecule has 1 aliphatic carbocycles. The lowest BCUT2D eigenvalue weighted by atomic mass is 9.77. The summed E-state index contributed by atoms with van der Waals surface area (Å²) in [7, 11) is 1.59. The van der Waals surface area contributed by atoms with E-state index >= 15 is 17.6 Å². The number of benzene rings is 4. The van der Waals surface area contributed by atoms with E-state index in [0.717, 1.165) is 37.8 Å². The van der Waals surface area contributed by atoms with Crippen molar-refractivity contribution in [3.8, 4) is 16.9 Å². The Bertz CT molecular complexity index is 2990. The van der Waals surface area contributed by atoms with Gasteiger partial charge in [0.2, 0.25) is 23.6 Å². The van der Waals surface area contributed by atoms with Gasteiger partial charge in [-0.3, -0.25) is 29.2 Å². The molecule has 13 nitrogen and oxygen atoms in total. The molecule has 5 heterocycles. The molecule has 0 radical (unpaired) electrons. The number of ether oxygens (including phenoxy) is 1. The summed E-state index contributed by atoms with van der Waals surface area (Å²) in [4.78, 5) is 55.4. The average Bonchev–Trinajstić information content (AvgIpc) is 3.87. The number of primary amides is 1. The normalized spacial score (nSPS) is 24.2. The molecule has 5 N–H and O–H groups in total. The third-order valence-electron chi connectivity index (χ3n) is 16.6. The van der Waals surface area contributed by atoms with Crippen LogP contribution in [0.15, 0.2) is 54.6 Å². The molecule has 5 aromatic rings. The number of halogens is 5. The lowest BCUT2D eigenvalue weighted by molar-refractivity contribution is -0.138. The van der Waals surface area contributed by atoms with Crippen LogP contribution in [-0.2, 0) is 33.6 Å². The first kappa shape index (κ1) is 50.6. The first-order chi connectivity index (χ1) is 35.1. The van der Waals surface area contributed by atoms with E-state index in [4.69, 9.17) is 22.1 Å². The number of rotatable bonds is 12. The van der Waals surface area contributed by atoms with E-state index in [1.807, 2.05) is 42.2 Å². The summed E-state index contributed by atoms with van der Waals surface area (Å²) in [6, 6.07) is 14.6. The zero-order valence-electron chi connectivity index (χ0n) is 40.9. The number of aromatic nitrogens is 2. The molecule has 4 fully saturated rings. The SMILES string of the molecule is CC1c2c(cc(F)c(Cl)c2-c2c(C(N)=O)ccc(CO)c2F)OC1(CNC1CCC(C(=O)N2CCC(CN3CCC(c4c(F)cc5c(C6CCC(=O)NC6=O)nn(C)c5c4F)CC3)CC2)CC1)c1ccccc1. The lowest BCUT2D eigenvalue weighted by Gasteiger charge is -2.40. The quantitative estimate of drug-likeness (QED) is 0.0710. The van der Waals surface area contributed by atoms with Crippen LogP contribution in [0.1, 0.15) is 127 Å². The number of hydrogen-bond acceptors (Lipinski definition) is 9. The first-order valence-electron chi connectivity index (χ1n) is 25.5. The minimum atomic E-state index is -1.11. The molecule has 1 aromatic heterocycles. The predicted octanol–water partition coefficient (Wildman–Crippen LogP) is 8.22. The number of aliphatic hydroxyl groups excluding tert-OH is 1. The molecule has 18 heteroatoms. The van der Waals surface area contributed by atoms with E-state index in [1.54, 1.807) is 7.05 Å². The van der Waals surface area contributed by atoms with Crippen LogP contribution < -0.4 is 21.1 Å². The van der Waals surface area contributed by atoms with Gasteiger partial charge in [-0.15, -0.1) is 0 Å². The van der Waals surface area contributed by atoms with Crippen LogP contribution >= 0.6 is 11.6 Å². The molecule has 0 bridgehead atoms. The Balaban J connectivity index is 0.735. The molecule has 1 saturated carbocycles. The minimum Gasteiger partial charge on any atom is -0.480 e. The highest BCUT2D eigenvalue weighted by Crippen LogP contribution is 2.56. The third-order valence-corrected chi connectivity index (χ3v) is 17.0. The number of aryl methyl sites for hydroxylation is 1. The maximum Gasteiger partial charge on any atom is 0.249 e. The second-order valence-corrected chi connectivity index (χ2v) is 21.2. The smallest absolute Gasteiger partial charge is 0.249 e. The number of fused-ring (bicyclic) bond motifs is 2. The molecule has 4 aromatic carbocycles. The van der Waals surface area contributed by atoms with Crippen LogP contribution in [0.25, 0.3) is 22.0 Å². The van der Waals surface area contributed by atoms with Gasteiger partial charge in [0.1, 0.15) is 28.7 Å². The Morgan fingerprint density at radius 3 is 2.27 bits per heavy atom. The maximum absolute atomic E-state index is 16.2. The summed E-state index contributed by atoms with van der Waals surface area (Å²) >= 11 is 6.67. The standard InChI is InChI=1S/C55H60ClF4N7O6/c1-29-43-41(25-40(58)47(56)46(43)45-36(52(61)70)13-10-33(27-68)48(45)59)73-55(29,34-6-4-3-5-7-34)28-62-35-11-8-32(9-12-35)54(72)67-22-16-30(17-23-67)26-66-20-18-31(19-21-66)44-39(57)24-38-50(64-65(2)51(38)49(44)60)37-14-15-42(69)63-53(37)71/h3-7,10,13,24-25,29-32,35,37,62,68H,8-9,11-12,14-23,26-28H2,1-2H3,(H2,61,70)(H,63,69,71). The van der Waals surface area contributed by atoms with Gasteiger partial charge in [-0.05, 0) is 100 Å². The largest absolute Gasteiger partial charge is 0.480 e. The van der Waals surface area contributed by atoms with Gasteiger partial charge in [0, 0.05) is 102 Å². The van der Waals surface area contributed by atoms with Gasteiger partial charge in [0.25, 0.3) is 0 Å². The van der Waals surface area contributed by atoms with E-state index in [2.05, 4.69) is 20.6 Å². The van der Waals surface area contributed by atoms with Crippen molar-refractivity contribution in [2.45, 2.75) is 107 Å². The molecule has 386 valence electrons. The summed E-state index contributed by atoms with van der Waals surface area (Å²) in [5.74, 6) is -5.91. The summed E-state index contributed by atoms with van der Waals surface area (Å²) < 4.78 is 72.2. The number of nitrogens with two attached hydrogens (primary N) is 1. The molecule has 3 saturated heterocycles. The zero-order chi connectivity index (χ0) is 51.5. The van der Waals surface area contributed by atoms with Crippen molar-refractivity contribution in [2.24, 2.45) is 24.6 Å². The Morgan fingerprint density at radius 2 is 1.60 bits per heavy atom.